The predicted octanol–water partition coefficient (Wildman–Crippen LogP) is 6.13. The Hall–Kier alpha value is -0.300. The minimum absolute atomic E-state index is 1.17. The van der Waals surface area contributed by atoms with Crippen molar-refractivity contribution in [1.82, 2.24) is 0 Å². The third kappa shape index (κ3) is 8.74. The normalized spacial score (nSPS) is 10.7. The minimum atomic E-state index is 1.17. The van der Waals surface area contributed by atoms with Crippen molar-refractivity contribution in [3.8, 4) is 0 Å². The van der Waals surface area contributed by atoms with Crippen molar-refractivity contribution in [2.45, 2.75) is 64.2 Å². The fraction of sp³-hybridized carbons (Fsp3) is 0.647. The highest BCUT2D eigenvalue weighted by Crippen LogP contribution is 2.12. The summed E-state index contributed by atoms with van der Waals surface area (Å²) in [5, 5.41) is 1.17. The summed E-state index contributed by atoms with van der Waals surface area (Å²) in [5.74, 6) is 0. The van der Waals surface area contributed by atoms with Crippen molar-refractivity contribution >= 4 is 15.9 Å². The smallest absolute Gasteiger partial charge is 0.00313 e. The molecule has 0 bridgehead atoms. The van der Waals surface area contributed by atoms with Gasteiger partial charge in [-0.3, -0.25) is 0 Å². The maximum Gasteiger partial charge on any atom is 0.00313 e. The van der Waals surface area contributed by atoms with Gasteiger partial charge >= 0.3 is 0 Å². The van der Waals surface area contributed by atoms with Crippen molar-refractivity contribution < 1.29 is 0 Å². The van der Waals surface area contributed by atoms with E-state index in [0.717, 1.165) is 0 Å². The van der Waals surface area contributed by atoms with Crippen molar-refractivity contribution in [3.63, 3.8) is 0 Å². The molecule has 0 N–H and O–H groups in total. The predicted molar refractivity (Wildman–Crippen MR) is 85.5 cm³/mol. The van der Waals surface area contributed by atoms with Crippen LogP contribution in [0.4, 0.5) is 0 Å². The van der Waals surface area contributed by atoms with Crippen LogP contribution in [0.1, 0.15) is 63.4 Å². The zero-order chi connectivity index (χ0) is 12.9. The summed E-state index contributed by atoms with van der Waals surface area (Å²) in [6, 6.07) is 10.9. The number of hydrogen-bond donors (Lipinski definition) is 0. The molecule has 0 aromatic heterocycles. The molecule has 0 saturated carbocycles. The Morgan fingerprint density at radius 3 is 1.67 bits per heavy atom. The first-order valence-electron chi connectivity index (χ1n) is 7.53. The van der Waals surface area contributed by atoms with Gasteiger partial charge in [-0.15, -0.1) is 0 Å². The van der Waals surface area contributed by atoms with E-state index in [1.165, 1.54) is 75.1 Å². The SMILES string of the molecule is BrCCCCCCCCCCCc1ccccc1. The number of unbranched alkanes of at least 4 members (excludes halogenated alkanes) is 8. The van der Waals surface area contributed by atoms with Crippen molar-refractivity contribution in [1.29, 1.82) is 0 Å². The van der Waals surface area contributed by atoms with Gasteiger partial charge in [-0.25, -0.2) is 0 Å². The van der Waals surface area contributed by atoms with Gasteiger partial charge in [0.25, 0.3) is 0 Å². The highest BCUT2D eigenvalue weighted by Gasteiger charge is 1.94. The number of aryl methyl sites for hydroxylation is 1. The number of benzene rings is 1. The zero-order valence-corrected chi connectivity index (χ0v) is 13.1. The lowest BCUT2D eigenvalue weighted by Crippen LogP contribution is -1.86. The molecule has 102 valence electrons. The molecule has 0 amide bonds. The third-order valence-corrected chi connectivity index (χ3v) is 4.00. The van der Waals surface area contributed by atoms with Crippen LogP contribution in [0.3, 0.4) is 0 Å². The molecule has 0 unspecified atom stereocenters. The first-order valence-corrected chi connectivity index (χ1v) is 8.65. The lowest BCUT2D eigenvalue weighted by atomic mass is 10.0. The minimum Gasteiger partial charge on any atom is -0.0928 e. The van der Waals surface area contributed by atoms with Gasteiger partial charge in [0.1, 0.15) is 0 Å². The highest BCUT2D eigenvalue weighted by atomic mass is 79.9. The van der Waals surface area contributed by atoms with Gasteiger partial charge in [0.15, 0.2) is 0 Å². The average Bonchev–Trinajstić information content (AvgIpc) is 2.42. The molecule has 0 nitrogen and oxygen atoms in total. The largest absolute Gasteiger partial charge is 0.0928 e. The Balaban J connectivity index is 1.82. The van der Waals surface area contributed by atoms with Gasteiger partial charge in [0.05, 0.1) is 0 Å². The Morgan fingerprint density at radius 1 is 0.611 bits per heavy atom. The van der Waals surface area contributed by atoms with E-state index in [1.807, 2.05) is 0 Å². The third-order valence-electron chi connectivity index (χ3n) is 3.44. The van der Waals surface area contributed by atoms with E-state index in [-0.39, 0.29) is 0 Å². The molecule has 0 atom stereocenters. The molecule has 0 saturated heterocycles. The Bertz CT molecular complexity index is 268. The zero-order valence-electron chi connectivity index (χ0n) is 11.5. The van der Waals surface area contributed by atoms with Crippen LogP contribution in [0.5, 0.6) is 0 Å². The molecule has 0 aliphatic rings. The Morgan fingerprint density at radius 2 is 1.11 bits per heavy atom. The average molecular weight is 311 g/mol. The summed E-state index contributed by atoms with van der Waals surface area (Å²) in [5.41, 5.74) is 1.49. The second kappa shape index (κ2) is 11.8. The van der Waals surface area contributed by atoms with E-state index in [9.17, 15) is 0 Å². The van der Waals surface area contributed by atoms with E-state index in [2.05, 4.69) is 46.3 Å². The second-order valence-electron chi connectivity index (χ2n) is 5.11. The first-order chi connectivity index (χ1) is 8.93. The fourth-order valence-electron chi connectivity index (χ4n) is 2.31. The molecule has 0 fully saturated rings. The second-order valence-corrected chi connectivity index (χ2v) is 5.90. The van der Waals surface area contributed by atoms with Gasteiger partial charge in [-0.1, -0.05) is 91.2 Å². The summed E-state index contributed by atoms with van der Waals surface area (Å²) < 4.78 is 0. The van der Waals surface area contributed by atoms with Crippen LogP contribution in [0.2, 0.25) is 0 Å². The Kier molecular flexibility index (Phi) is 10.3. The fourth-order valence-corrected chi connectivity index (χ4v) is 2.70. The first kappa shape index (κ1) is 15.8. The van der Waals surface area contributed by atoms with Crippen LogP contribution < -0.4 is 0 Å². The van der Waals surface area contributed by atoms with Crippen LogP contribution in [0, 0.1) is 0 Å². The van der Waals surface area contributed by atoms with E-state index >= 15 is 0 Å². The molecule has 0 radical (unpaired) electrons. The van der Waals surface area contributed by atoms with Gasteiger partial charge in [-0.2, -0.15) is 0 Å². The van der Waals surface area contributed by atoms with E-state index in [4.69, 9.17) is 0 Å². The molecule has 0 spiro atoms. The van der Waals surface area contributed by atoms with Crippen LogP contribution in [0.25, 0.3) is 0 Å². The van der Waals surface area contributed by atoms with Crippen LogP contribution in [-0.2, 0) is 6.42 Å². The summed E-state index contributed by atoms with van der Waals surface area (Å²) in [7, 11) is 0. The van der Waals surface area contributed by atoms with Crippen LogP contribution in [-0.4, -0.2) is 5.33 Å². The highest BCUT2D eigenvalue weighted by molar-refractivity contribution is 9.09. The summed E-state index contributed by atoms with van der Waals surface area (Å²) >= 11 is 3.48. The lowest BCUT2D eigenvalue weighted by molar-refractivity contribution is 0.566. The molecule has 1 aromatic rings. The number of rotatable bonds is 11. The van der Waals surface area contributed by atoms with Crippen molar-refractivity contribution in [2.75, 3.05) is 5.33 Å². The summed E-state index contributed by atoms with van der Waals surface area (Å²) in [6.45, 7) is 0. The van der Waals surface area contributed by atoms with Crippen molar-refractivity contribution in [2.24, 2.45) is 0 Å². The summed E-state index contributed by atoms with van der Waals surface area (Å²) in [4.78, 5) is 0. The maximum absolute atomic E-state index is 3.48. The van der Waals surface area contributed by atoms with Crippen molar-refractivity contribution in [3.05, 3.63) is 35.9 Å². The monoisotopic (exact) mass is 310 g/mol. The van der Waals surface area contributed by atoms with Gasteiger partial charge in [0, 0.05) is 5.33 Å². The summed E-state index contributed by atoms with van der Waals surface area (Å²) in [6.07, 6.45) is 13.9. The quantitative estimate of drug-likeness (QED) is 0.340. The van der Waals surface area contributed by atoms with E-state index < -0.39 is 0 Å². The lowest BCUT2D eigenvalue weighted by Gasteiger charge is -2.02. The van der Waals surface area contributed by atoms with Crippen LogP contribution in [0.15, 0.2) is 30.3 Å². The molecule has 0 heterocycles. The van der Waals surface area contributed by atoms with Gasteiger partial charge < -0.3 is 0 Å². The standard InChI is InChI=1S/C17H27Br/c18-16-12-7-5-3-1-2-4-6-9-13-17-14-10-8-11-15-17/h8,10-11,14-15H,1-7,9,12-13,16H2. The number of halogens is 1. The number of hydrogen-bond acceptors (Lipinski definition) is 0. The van der Waals surface area contributed by atoms with E-state index in [1.54, 1.807) is 0 Å². The topological polar surface area (TPSA) is 0 Å². The van der Waals surface area contributed by atoms with Gasteiger partial charge in [-0.05, 0) is 24.8 Å². The molecule has 1 aromatic carbocycles. The maximum atomic E-state index is 3.48. The van der Waals surface area contributed by atoms with Crippen LogP contribution >= 0.6 is 15.9 Å². The Labute approximate surface area is 121 Å². The molecule has 1 rings (SSSR count). The molecular formula is C17H27Br. The van der Waals surface area contributed by atoms with E-state index in [0.29, 0.717) is 0 Å². The molecule has 0 aliphatic heterocycles. The van der Waals surface area contributed by atoms with Gasteiger partial charge in [0.2, 0.25) is 0 Å². The number of alkyl halides is 1. The molecule has 18 heavy (non-hydrogen) atoms. The molecular weight excluding hydrogens is 284 g/mol. The molecule has 1 heteroatoms. The molecule has 0 aliphatic carbocycles.